The third-order valence-electron chi connectivity index (χ3n) is 5.02. The molecule has 0 saturated carbocycles. The van der Waals surface area contributed by atoms with E-state index in [4.69, 9.17) is 4.74 Å². The number of Topliss-reactive ketones (excluding diaryl/α,β-unsaturated/α-hetero) is 1. The Morgan fingerprint density at radius 3 is 2.27 bits per heavy atom. The van der Waals surface area contributed by atoms with Crippen LogP contribution in [0.5, 0.6) is 0 Å². The molecule has 1 rings (SSSR count). The summed E-state index contributed by atoms with van der Waals surface area (Å²) < 4.78 is 5.48. The van der Waals surface area contributed by atoms with Gasteiger partial charge in [0.1, 0.15) is 11.9 Å². The molecule has 22 heavy (non-hydrogen) atoms. The maximum Gasteiger partial charge on any atom is 0.311 e. The van der Waals surface area contributed by atoms with Gasteiger partial charge in [0.2, 0.25) is 0 Å². The third kappa shape index (κ3) is 4.53. The highest BCUT2D eigenvalue weighted by Crippen LogP contribution is 2.27. The third-order valence-corrected chi connectivity index (χ3v) is 5.02. The molecule has 0 amide bonds. The number of ether oxygens (including phenoxy) is 1. The predicted molar refractivity (Wildman–Crippen MR) is 83.1 cm³/mol. The van der Waals surface area contributed by atoms with Crippen LogP contribution < -0.4 is 0 Å². The maximum atomic E-state index is 12.2. The van der Waals surface area contributed by atoms with Crippen molar-refractivity contribution in [2.45, 2.75) is 72.2 Å². The van der Waals surface area contributed by atoms with E-state index < -0.39 is 30.2 Å². The molecule has 3 unspecified atom stereocenters. The molecule has 0 aromatic rings. The summed E-state index contributed by atoms with van der Waals surface area (Å²) in [6.07, 6.45) is -0.978. The van der Waals surface area contributed by atoms with Crippen LogP contribution >= 0.6 is 0 Å². The molecule has 128 valence electrons. The molecule has 0 spiro atoms. The molecule has 0 radical (unpaired) electrons. The maximum absolute atomic E-state index is 12.2. The van der Waals surface area contributed by atoms with Crippen LogP contribution in [-0.2, 0) is 14.3 Å². The predicted octanol–water partition coefficient (Wildman–Crippen LogP) is 1.94. The fourth-order valence-corrected chi connectivity index (χ4v) is 3.12. The van der Waals surface area contributed by atoms with Gasteiger partial charge in [0.25, 0.3) is 0 Å². The number of hydrogen-bond donors (Lipinski definition) is 2. The molecule has 0 bridgehead atoms. The molecule has 2 N–H and O–H groups in total. The lowest BCUT2D eigenvalue weighted by atomic mass is 9.82. The first-order valence-corrected chi connectivity index (χ1v) is 8.28. The van der Waals surface area contributed by atoms with E-state index in [9.17, 15) is 19.8 Å². The topological polar surface area (TPSA) is 83.8 Å². The second-order valence-corrected chi connectivity index (χ2v) is 6.87. The van der Waals surface area contributed by atoms with Gasteiger partial charge in [-0.1, -0.05) is 27.7 Å². The molecule has 1 fully saturated rings. The van der Waals surface area contributed by atoms with Crippen LogP contribution in [-0.4, -0.2) is 40.3 Å². The summed E-state index contributed by atoms with van der Waals surface area (Å²) in [5, 5.41) is 20.6. The van der Waals surface area contributed by atoms with E-state index in [0.717, 1.165) is 0 Å². The minimum absolute atomic E-state index is 0.00666. The summed E-state index contributed by atoms with van der Waals surface area (Å²) in [6, 6.07) is 0. The fourth-order valence-electron chi connectivity index (χ4n) is 3.12. The van der Waals surface area contributed by atoms with Gasteiger partial charge in [-0.3, -0.25) is 9.59 Å². The Hall–Kier alpha value is -0.940. The van der Waals surface area contributed by atoms with Gasteiger partial charge in [-0.25, -0.2) is 0 Å². The Labute approximate surface area is 133 Å². The van der Waals surface area contributed by atoms with E-state index in [1.807, 2.05) is 20.8 Å². The number of cyclic esters (lactones) is 1. The summed E-state index contributed by atoms with van der Waals surface area (Å²) >= 11 is 0. The molecule has 5 heteroatoms. The minimum atomic E-state index is -0.833. The molecule has 5 nitrogen and oxygen atoms in total. The lowest BCUT2D eigenvalue weighted by Gasteiger charge is -2.32. The Morgan fingerprint density at radius 2 is 1.73 bits per heavy atom. The first-order valence-electron chi connectivity index (χ1n) is 8.28. The number of carbonyl (C=O) groups is 2. The van der Waals surface area contributed by atoms with Crippen molar-refractivity contribution in [3.8, 4) is 0 Å². The zero-order valence-corrected chi connectivity index (χ0v) is 14.3. The zero-order chi connectivity index (χ0) is 17.0. The largest absolute Gasteiger partial charge is 0.462 e. The highest BCUT2D eigenvalue weighted by Gasteiger charge is 2.35. The summed E-state index contributed by atoms with van der Waals surface area (Å²) in [6.45, 7) is 8.96. The van der Waals surface area contributed by atoms with Crippen LogP contribution in [0, 0.1) is 23.7 Å². The van der Waals surface area contributed by atoms with Crippen molar-refractivity contribution in [1.29, 1.82) is 0 Å². The Morgan fingerprint density at radius 1 is 1.14 bits per heavy atom. The summed E-state index contributed by atoms with van der Waals surface area (Å²) in [5.74, 6) is -1.83. The molecule has 0 aromatic carbocycles. The van der Waals surface area contributed by atoms with E-state index in [1.165, 1.54) is 0 Å². The number of carbonyl (C=O) groups excluding carboxylic acids is 2. The van der Waals surface area contributed by atoms with Crippen molar-refractivity contribution in [3.05, 3.63) is 0 Å². The molecule has 1 aliphatic heterocycles. The van der Waals surface area contributed by atoms with Crippen molar-refractivity contribution in [2.75, 3.05) is 0 Å². The van der Waals surface area contributed by atoms with Crippen molar-refractivity contribution in [2.24, 2.45) is 23.7 Å². The number of hydrogen-bond acceptors (Lipinski definition) is 5. The molecule has 1 heterocycles. The number of rotatable bonds is 1. The summed E-state index contributed by atoms with van der Waals surface area (Å²) in [5.41, 5.74) is 0. The highest BCUT2D eigenvalue weighted by molar-refractivity contribution is 5.81. The van der Waals surface area contributed by atoms with Crippen molar-refractivity contribution in [3.63, 3.8) is 0 Å². The zero-order valence-electron chi connectivity index (χ0n) is 14.3. The highest BCUT2D eigenvalue weighted by atomic mass is 16.5. The molecular formula is C17H30O5. The normalized spacial score (nSPS) is 42.2. The van der Waals surface area contributed by atoms with E-state index >= 15 is 0 Å². The minimum Gasteiger partial charge on any atom is -0.462 e. The molecule has 0 aliphatic carbocycles. The molecule has 1 saturated heterocycles. The molecular weight excluding hydrogens is 284 g/mol. The number of aliphatic hydroxyl groups excluding tert-OH is 2. The second-order valence-electron chi connectivity index (χ2n) is 6.87. The van der Waals surface area contributed by atoms with Gasteiger partial charge in [0.15, 0.2) is 0 Å². The van der Waals surface area contributed by atoms with E-state index in [2.05, 4.69) is 0 Å². The first-order chi connectivity index (χ1) is 10.2. The number of aliphatic hydroxyl groups is 2. The summed E-state index contributed by atoms with van der Waals surface area (Å²) in [7, 11) is 0. The fraction of sp³-hybridized carbons (Fsp3) is 0.882. The van der Waals surface area contributed by atoms with Crippen LogP contribution in [0.1, 0.15) is 53.9 Å². The number of ketones is 1. The average molecular weight is 314 g/mol. The van der Waals surface area contributed by atoms with Crippen molar-refractivity contribution < 1.29 is 24.5 Å². The monoisotopic (exact) mass is 314 g/mol. The summed E-state index contributed by atoms with van der Waals surface area (Å²) in [4.78, 5) is 24.5. The van der Waals surface area contributed by atoms with Crippen LogP contribution in [0.2, 0.25) is 0 Å². The number of esters is 1. The van der Waals surface area contributed by atoms with Crippen molar-refractivity contribution in [1.82, 2.24) is 0 Å². The SMILES string of the molecule is CC[C@H]1OC(=O)[C@@H](C)C(O)C(C)CC(C)C(=O)C[C@@H](O)[C@H]1C. The van der Waals surface area contributed by atoms with Gasteiger partial charge in [0, 0.05) is 18.3 Å². The smallest absolute Gasteiger partial charge is 0.311 e. The first kappa shape index (κ1) is 19.1. The quantitative estimate of drug-likeness (QED) is 0.723. The lowest BCUT2D eigenvalue weighted by Crippen LogP contribution is -2.40. The van der Waals surface area contributed by atoms with Gasteiger partial charge in [0.05, 0.1) is 18.1 Å². The Kier molecular flexibility index (Phi) is 7.00. The average Bonchev–Trinajstić information content (AvgIpc) is 2.48. The van der Waals surface area contributed by atoms with Crippen LogP contribution in [0.25, 0.3) is 0 Å². The van der Waals surface area contributed by atoms with Gasteiger partial charge >= 0.3 is 5.97 Å². The van der Waals surface area contributed by atoms with Crippen molar-refractivity contribution >= 4 is 11.8 Å². The van der Waals surface area contributed by atoms with Gasteiger partial charge in [-0.15, -0.1) is 0 Å². The second kappa shape index (κ2) is 8.06. The lowest BCUT2D eigenvalue weighted by molar-refractivity contribution is -0.164. The molecule has 7 atom stereocenters. The van der Waals surface area contributed by atoms with Crippen LogP contribution in [0.4, 0.5) is 0 Å². The Balaban J connectivity index is 3.03. The van der Waals surface area contributed by atoms with E-state index in [1.54, 1.807) is 13.8 Å². The standard InChI is InChI=1S/C17H30O5/c1-6-15-11(4)14(19)8-13(18)9(2)7-10(3)16(20)12(5)17(21)22-15/h9-12,14-16,19-20H,6-8H2,1-5H3/t9?,10?,11-,12+,14-,15-,16?/m1/s1. The van der Waals surface area contributed by atoms with Gasteiger partial charge in [-0.05, 0) is 25.7 Å². The van der Waals surface area contributed by atoms with Gasteiger partial charge < -0.3 is 14.9 Å². The molecule has 1 aliphatic rings. The van der Waals surface area contributed by atoms with Crippen LogP contribution in [0.15, 0.2) is 0 Å². The molecule has 0 aromatic heterocycles. The van der Waals surface area contributed by atoms with Crippen LogP contribution in [0.3, 0.4) is 0 Å². The van der Waals surface area contributed by atoms with E-state index in [0.29, 0.717) is 12.8 Å². The van der Waals surface area contributed by atoms with Gasteiger partial charge in [-0.2, -0.15) is 0 Å². The Bertz CT molecular complexity index is 395. The van der Waals surface area contributed by atoms with E-state index in [-0.39, 0.29) is 30.0 Å².